The van der Waals surface area contributed by atoms with Crippen LogP contribution in [0, 0.1) is 5.92 Å². The second-order valence-electron chi connectivity index (χ2n) is 8.33. The van der Waals surface area contributed by atoms with E-state index in [-0.39, 0.29) is 17.1 Å². The number of Topliss-reactive ketones (excluding diaryl/α,β-unsaturated/α-hetero) is 1. The van der Waals surface area contributed by atoms with Gasteiger partial charge in [0.15, 0.2) is 10.9 Å². The summed E-state index contributed by atoms with van der Waals surface area (Å²) >= 11 is 4.92. The Morgan fingerprint density at radius 1 is 1.23 bits per heavy atom. The number of halogens is 1. The Kier molecular flexibility index (Phi) is 7.16. The van der Waals surface area contributed by atoms with Crippen molar-refractivity contribution >= 4 is 39.4 Å². The summed E-state index contributed by atoms with van der Waals surface area (Å²) in [5.74, 6) is 1.78. The highest BCUT2D eigenvalue weighted by Gasteiger charge is 2.28. The van der Waals surface area contributed by atoms with E-state index >= 15 is 0 Å². The Labute approximate surface area is 190 Å². The lowest BCUT2D eigenvalue weighted by atomic mass is 10.00. The number of ether oxygens (including phenoxy) is 1. The fourth-order valence-electron chi connectivity index (χ4n) is 4.02. The highest BCUT2D eigenvalue weighted by Crippen LogP contribution is 2.31. The summed E-state index contributed by atoms with van der Waals surface area (Å²) in [5, 5.41) is 9.61. The molecule has 8 heteroatoms. The maximum atomic E-state index is 12.9. The number of ketones is 1. The number of rotatable bonds is 7. The number of carbonyl (C=O) groups excluding carboxylic acids is 1. The van der Waals surface area contributed by atoms with Gasteiger partial charge in [-0.05, 0) is 50.7 Å². The SMILES string of the molecule is CC1CCN(c2nnc(S[C@@H](C)C(=O)c3ccc(Br)cc3)n2C[C@H]2CCCO2)CC1. The number of thioether (sulfide) groups is 1. The molecule has 2 aliphatic rings. The van der Waals surface area contributed by atoms with Gasteiger partial charge in [-0.2, -0.15) is 0 Å². The lowest BCUT2D eigenvalue weighted by molar-refractivity contribution is 0.0951. The lowest BCUT2D eigenvalue weighted by Gasteiger charge is -2.31. The third-order valence-corrected chi connectivity index (χ3v) is 7.56. The minimum atomic E-state index is -0.243. The third-order valence-electron chi connectivity index (χ3n) is 5.95. The Hall–Kier alpha value is -1.38. The van der Waals surface area contributed by atoms with Crippen molar-refractivity contribution in [3.05, 3.63) is 34.3 Å². The number of carbonyl (C=O) groups is 1. The van der Waals surface area contributed by atoms with Crippen LogP contribution in [0.4, 0.5) is 5.95 Å². The summed E-state index contributed by atoms with van der Waals surface area (Å²) in [6, 6.07) is 7.53. The Morgan fingerprint density at radius 2 is 1.97 bits per heavy atom. The number of nitrogens with zero attached hydrogens (tertiary/aromatic N) is 4. The predicted octanol–water partition coefficient (Wildman–Crippen LogP) is 4.82. The molecule has 0 saturated carbocycles. The zero-order chi connectivity index (χ0) is 21.1. The molecule has 162 valence electrons. The van der Waals surface area contributed by atoms with E-state index in [1.54, 1.807) is 0 Å². The molecule has 4 rings (SSSR count). The molecule has 1 aromatic heterocycles. The molecule has 0 radical (unpaired) electrons. The topological polar surface area (TPSA) is 60.2 Å². The minimum Gasteiger partial charge on any atom is -0.376 e. The van der Waals surface area contributed by atoms with Crippen LogP contribution < -0.4 is 4.90 Å². The second-order valence-corrected chi connectivity index (χ2v) is 10.6. The molecule has 1 aromatic carbocycles. The quantitative estimate of drug-likeness (QED) is 0.407. The summed E-state index contributed by atoms with van der Waals surface area (Å²) < 4.78 is 9.05. The average molecular weight is 493 g/mol. The van der Waals surface area contributed by atoms with E-state index in [0.29, 0.717) is 5.56 Å². The summed E-state index contributed by atoms with van der Waals surface area (Å²) in [6.45, 7) is 7.83. The second kappa shape index (κ2) is 9.83. The van der Waals surface area contributed by atoms with Crippen molar-refractivity contribution in [2.24, 2.45) is 5.92 Å². The molecule has 3 heterocycles. The monoisotopic (exact) mass is 492 g/mol. The van der Waals surface area contributed by atoms with Gasteiger partial charge in [-0.25, -0.2) is 0 Å². The standard InChI is InChI=1S/C22H29BrN4O2S/c1-15-9-11-26(12-10-15)21-24-25-22(27(21)14-19-4-3-13-29-19)30-16(2)20(28)17-5-7-18(23)8-6-17/h5-8,15-16,19H,3-4,9-14H2,1-2H3/t16-,19+/m0/s1. The van der Waals surface area contributed by atoms with Crippen molar-refractivity contribution in [2.75, 3.05) is 24.6 Å². The molecule has 30 heavy (non-hydrogen) atoms. The van der Waals surface area contributed by atoms with Gasteiger partial charge < -0.3 is 9.64 Å². The lowest BCUT2D eigenvalue weighted by Crippen LogP contribution is -2.35. The Bertz CT molecular complexity index is 859. The fourth-order valence-corrected chi connectivity index (χ4v) is 5.22. The van der Waals surface area contributed by atoms with Crippen molar-refractivity contribution in [2.45, 2.75) is 62.6 Å². The van der Waals surface area contributed by atoms with Crippen molar-refractivity contribution in [1.82, 2.24) is 14.8 Å². The van der Waals surface area contributed by atoms with Crippen LogP contribution in [0.1, 0.15) is 49.9 Å². The first-order valence-corrected chi connectivity index (χ1v) is 12.4. The molecule has 0 unspecified atom stereocenters. The molecule has 0 amide bonds. The highest BCUT2D eigenvalue weighted by atomic mass is 79.9. The summed E-state index contributed by atoms with van der Waals surface area (Å²) in [4.78, 5) is 15.3. The zero-order valence-corrected chi connectivity index (χ0v) is 20.0. The summed E-state index contributed by atoms with van der Waals surface area (Å²) in [6.07, 6.45) is 4.71. The smallest absolute Gasteiger partial charge is 0.228 e. The van der Waals surface area contributed by atoms with Crippen LogP contribution in [0.2, 0.25) is 0 Å². The van der Waals surface area contributed by atoms with Gasteiger partial charge in [-0.15, -0.1) is 10.2 Å². The molecule has 2 aliphatic heterocycles. The van der Waals surface area contributed by atoms with Gasteiger partial charge in [0.2, 0.25) is 5.95 Å². The van der Waals surface area contributed by atoms with Crippen molar-refractivity contribution in [1.29, 1.82) is 0 Å². The van der Waals surface area contributed by atoms with Gasteiger partial charge in [0.1, 0.15) is 0 Å². The minimum absolute atomic E-state index is 0.104. The van der Waals surface area contributed by atoms with E-state index in [0.717, 1.165) is 60.6 Å². The van der Waals surface area contributed by atoms with Gasteiger partial charge in [-0.1, -0.05) is 46.7 Å². The molecule has 2 atom stereocenters. The van der Waals surface area contributed by atoms with E-state index in [1.165, 1.54) is 24.6 Å². The van der Waals surface area contributed by atoms with E-state index in [2.05, 4.69) is 42.5 Å². The van der Waals surface area contributed by atoms with Crippen molar-refractivity contribution in [3.63, 3.8) is 0 Å². The van der Waals surface area contributed by atoms with Gasteiger partial charge in [0.25, 0.3) is 0 Å². The molecule has 2 fully saturated rings. The first-order valence-electron chi connectivity index (χ1n) is 10.8. The molecule has 0 N–H and O–H groups in total. The number of aromatic nitrogens is 3. The van der Waals surface area contributed by atoms with Crippen molar-refractivity contribution < 1.29 is 9.53 Å². The fraction of sp³-hybridized carbons (Fsp3) is 0.591. The molecule has 2 saturated heterocycles. The number of hydrogen-bond donors (Lipinski definition) is 0. The predicted molar refractivity (Wildman–Crippen MR) is 123 cm³/mol. The molecule has 6 nitrogen and oxygen atoms in total. The van der Waals surface area contributed by atoms with Gasteiger partial charge in [-0.3, -0.25) is 9.36 Å². The number of anilines is 1. The van der Waals surface area contributed by atoms with E-state index in [1.807, 2.05) is 31.2 Å². The van der Waals surface area contributed by atoms with E-state index in [9.17, 15) is 4.79 Å². The van der Waals surface area contributed by atoms with E-state index < -0.39 is 0 Å². The molecule has 0 spiro atoms. The Balaban J connectivity index is 1.53. The van der Waals surface area contributed by atoms with Crippen LogP contribution in [0.5, 0.6) is 0 Å². The molecular formula is C22H29BrN4O2S. The molecule has 0 aliphatic carbocycles. The van der Waals surface area contributed by atoms with Crippen LogP contribution in [0.25, 0.3) is 0 Å². The van der Waals surface area contributed by atoms with Crippen LogP contribution in [-0.2, 0) is 11.3 Å². The van der Waals surface area contributed by atoms with Crippen LogP contribution in [0.15, 0.2) is 33.9 Å². The maximum Gasteiger partial charge on any atom is 0.228 e. The summed E-state index contributed by atoms with van der Waals surface area (Å²) in [7, 11) is 0. The molecular weight excluding hydrogens is 464 g/mol. The highest BCUT2D eigenvalue weighted by molar-refractivity contribution is 9.10. The van der Waals surface area contributed by atoms with Crippen LogP contribution in [0.3, 0.4) is 0 Å². The van der Waals surface area contributed by atoms with Gasteiger partial charge in [0, 0.05) is 29.7 Å². The van der Waals surface area contributed by atoms with Crippen LogP contribution >= 0.6 is 27.7 Å². The normalized spacial score (nSPS) is 21.2. The largest absolute Gasteiger partial charge is 0.376 e. The van der Waals surface area contributed by atoms with E-state index in [4.69, 9.17) is 4.74 Å². The number of piperidine rings is 1. The Morgan fingerprint density at radius 3 is 2.63 bits per heavy atom. The van der Waals surface area contributed by atoms with Gasteiger partial charge in [0.05, 0.1) is 17.9 Å². The first kappa shape index (κ1) is 21.8. The first-order chi connectivity index (χ1) is 14.5. The number of hydrogen-bond acceptors (Lipinski definition) is 6. The zero-order valence-electron chi connectivity index (χ0n) is 17.6. The maximum absolute atomic E-state index is 12.9. The molecule has 2 aromatic rings. The van der Waals surface area contributed by atoms with Gasteiger partial charge >= 0.3 is 0 Å². The van der Waals surface area contributed by atoms with Crippen LogP contribution in [-0.4, -0.2) is 51.6 Å². The van der Waals surface area contributed by atoms with Crippen molar-refractivity contribution in [3.8, 4) is 0 Å². The molecule has 0 bridgehead atoms. The third kappa shape index (κ3) is 5.08. The average Bonchev–Trinajstić information content (AvgIpc) is 3.40. The summed E-state index contributed by atoms with van der Waals surface area (Å²) in [5.41, 5.74) is 0.716. The number of benzene rings is 1.